The second-order valence-corrected chi connectivity index (χ2v) is 6.91. The first-order valence-corrected chi connectivity index (χ1v) is 9.32. The number of aromatic nitrogens is 3. The van der Waals surface area contributed by atoms with Gasteiger partial charge < -0.3 is 10.1 Å². The number of ether oxygens (including phenoxy) is 1. The average Bonchev–Trinajstić information content (AvgIpc) is 3.16. The fourth-order valence-electron chi connectivity index (χ4n) is 3.19. The molecule has 29 heavy (non-hydrogen) atoms. The van der Waals surface area contributed by atoms with Crippen molar-refractivity contribution in [2.24, 2.45) is 0 Å². The number of rotatable bonds is 5. The topological polar surface area (TPSA) is 74.0 Å². The summed E-state index contributed by atoms with van der Waals surface area (Å²) in [5, 5.41) is 7.83. The van der Waals surface area contributed by atoms with Crippen molar-refractivity contribution in [2.75, 3.05) is 19.0 Å². The van der Waals surface area contributed by atoms with E-state index in [9.17, 15) is 8.78 Å². The summed E-state index contributed by atoms with van der Waals surface area (Å²) in [6.45, 7) is 0.467. The third-order valence-electron chi connectivity index (χ3n) is 4.64. The van der Waals surface area contributed by atoms with Gasteiger partial charge in [-0.2, -0.15) is 0 Å². The summed E-state index contributed by atoms with van der Waals surface area (Å²) in [5.74, 6) is 0.287. The van der Waals surface area contributed by atoms with Crippen molar-refractivity contribution in [3.8, 4) is 17.1 Å². The molecule has 149 valence electrons. The van der Waals surface area contributed by atoms with Crippen molar-refractivity contribution in [1.29, 1.82) is 0 Å². The lowest BCUT2D eigenvalue weighted by atomic mass is 10.0. The molecule has 4 rings (SSSR count). The van der Waals surface area contributed by atoms with Crippen LogP contribution in [0.15, 0.2) is 42.9 Å². The van der Waals surface area contributed by atoms with Gasteiger partial charge in [-0.05, 0) is 30.7 Å². The number of nitrogens with one attached hydrogen (secondary N) is 1. The normalized spacial score (nSPS) is 18.6. The zero-order chi connectivity index (χ0) is 20.4. The lowest BCUT2D eigenvalue weighted by molar-refractivity contribution is 0.303. The molecule has 3 aromatic rings. The largest absolute Gasteiger partial charge is 0.491 e. The Hall–Kier alpha value is -2.84. The number of hydrogen-bond acceptors (Lipinski definition) is 5. The van der Waals surface area contributed by atoms with E-state index in [-0.39, 0.29) is 11.4 Å². The van der Waals surface area contributed by atoms with Crippen LogP contribution < -0.4 is 15.4 Å². The molecule has 9 heteroatoms. The smallest absolute Gasteiger partial charge is 0.179 e. The molecule has 0 bridgehead atoms. The van der Waals surface area contributed by atoms with Crippen LogP contribution in [0.4, 0.5) is 20.3 Å². The SMILES string of the molecule is COc1cnc(-c2cc(Cl)ccc2F)nc1Nc1ccncc1C1[N]CCC1F. The van der Waals surface area contributed by atoms with Crippen LogP contribution in [-0.2, 0) is 0 Å². The summed E-state index contributed by atoms with van der Waals surface area (Å²) in [6.07, 6.45) is 3.92. The molecule has 2 atom stereocenters. The van der Waals surface area contributed by atoms with Gasteiger partial charge in [-0.25, -0.2) is 24.1 Å². The van der Waals surface area contributed by atoms with E-state index < -0.39 is 18.0 Å². The molecule has 0 spiro atoms. The maximum absolute atomic E-state index is 14.3. The number of benzene rings is 1. The number of anilines is 2. The van der Waals surface area contributed by atoms with Gasteiger partial charge >= 0.3 is 0 Å². The molecule has 0 saturated carbocycles. The van der Waals surface area contributed by atoms with Gasteiger partial charge in [0, 0.05) is 35.2 Å². The number of hydrogen-bond donors (Lipinski definition) is 1. The Morgan fingerprint density at radius 1 is 1.24 bits per heavy atom. The number of pyridine rings is 1. The van der Waals surface area contributed by atoms with E-state index in [4.69, 9.17) is 16.3 Å². The van der Waals surface area contributed by atoms with E-state index in [1.807, 2.05) is 0 Å². The lowest BCUT2D eigenvalue weighted by Crippen LogP contribution is -2.15. The molecule has 3 heterocycles. The van der Waals surface area contributed by atoms with Crippen molar-refractivity contribution in [3.63, 3.8) is 0 Å². The Bertz CT molecular complexity index is 1040. The third-order valence-corrected chi connectivity index (χ3v) is 4.88. The zero-order valence-electron chi connectivity index (χ0n) is 15.4. The first-order chi connectivity index (χ1) is 14.1. The number of alkyl halides is 1. The van der Waals surface area contributed by atoms with Crippen LogP contribution in [0.1, 0.15) is 18.0 Å². The highest BCUT2D eigenvalue weighted by molar-refractivity contribution is 6.30. The standard InChI is InChI=1S/C20H17ClF2N5O/c1-29-17-10-26-19(12-8-11(21)2-3-14(12)22)28-20(17)27-16-5-6-24-9-13(16)18-15(23)4-7-25-18/h2-3,5-6,8-10,15,18H,4,7H2,1H3,(H,24,26,27,28). The molecule has 0 aliphatic carbocycles. The minimum Gasteiger partial charge on any atom is -0.491 e. The fourth-order valence-corrected chi connectivity index (χ4v) is 3.37. The molecule has 1 aliphatic rings. The van der Waals surface area contributed by atoms with Gasteiger partial charge in [0.05, 0.1) is 24.9 Å². The van der Waals surface area contributed by atoms with Gasteiger partial charge in [-0.3, -0.25) is 4.98 Å². The minimum atomic E-state index is -1.07. The summed E-state index contributed by atoms with van der Waals surface area (Å²) in [7, 11) is 1.47. The maximum Gasteiger partial charge on any atom is 0.179 e. The molecule has 6 nitrogen and oxygen atoms in total. The molecule has 1 saturated heterocycles. The second-order valence-electron chi connectivity index (χ2n) is 6.48. The number of halogens is 3. The quantitative estimate of drug-likeness (QED) is 0.664. The molecule has 1 aliphatic heterocycles. The van der Waals surface area contributed by atoms with Crippen LogP contribution in [0.2, 0.25) is 5.02 Å². The first kappa shape index (κ1) is 19.5. The lowest BCUT2D eigenvalue weighted by Gasteiger charge is -2.18. The van der Waals surface area contributed by atoms with E-state index >= 15 is 0 Å². The van der Waals surface area contributed by atoms with E-state index in [0.29, 0.717) is 40.8 Å². The molecule has 0 amide bonds. The van der Waals surface area contributed by atoms with Crippen LogP contribution in [-0.4, -0.2) is 34.8 Å². The van der Waals surface area contributed by atoms with Crippen LogP contribution >= 0.6 is 11.6 Å². The molecular formula is C20H17ClF2N5O. The van der Waals surface area contributed by atoms with Crippen molar-refractivity contribution < 1.29 is 13.5 Å². The summed E-state index contributed by atoms with van der Waals surface area (Å²) < 4.78 is 33.8. The first-order valence-electron chi connectivity index (χ1n) is 8.95. The summed E-state index contributed by atoms with van der Waals surface area (Å²) in [5.41, 5.74) is 1.37. The van der Waals surface area contributed by atoms with Crippen LogP contribution in [0.25, 0.3) is 11.4 Å². The zero-order valence-corrected chi connectivity index (χ0v) is 16.2. The fraction of sp³-hybridized carbons (Fsp3) is 0.250. The van der Waals surface area contributed by atoms with Gasteiger partial charge in [0.25, 0.3) is 0 Å². The molecule has 2 aromatic heterocycles. The highest BCUT2D eigenvalue weighted by Gasteiger charge is 2.31. The Morgan fingerprint density at radius 2 is 2.10 bits per heavy atom. The van der Waals surface area contributed by atoms with E-state index in [1.165, 1.54) is 31.5 Å². The van der Waals surface area contributed by atoms with Crippen LogP contribution in [0, 0.1) is 5.82 Å². The molecule has 1 N–H and O–H groups in total. The summed E-state index contributed by atoms with van der Waals surface area (Å²) in [4.78, 5) is 12.7. The van der Waals surface area contributed by atoms with Crippen molar-refractivity contribution in [1.82, 2.24) is 20.3 Å². The van der Waals surface area contributed by atoms with Gasteiger partial charge in [0.1, 0.15) is 12.0 Å². The van der Waals surface area contributed by atoms with Gasteiger partial charge in [-0.15, -0.1) is 0 Å². The molecular weight excluding hydrogens is 400 g/mol. The average molecular weight is 417 g/mol. The van der Waals surface area contributed by atoms with E-state index in [0.717, 1.165) is 0 Å². The highest BCUT2D eigenvalue weighted by atomic mass is 35.5. The second kappa shape index (κ2) is 8.26. The maximum atomic E-state index is 14.3. The third kappa shape index (κ3) is 3.99. The monoisotopic (exact) mass is 416 g/mol. The van der Waals surface area contributed by atoms with Crippen LogP contribution in [0.5, 0.6) is 5.75 Å². The number of nitrogens with zero attached hydrogens (tertiary/aromatic N) is 4. The van der Waals surface area contributed by atoms with Gasteiger partial charge in [-0.1, -0.05) is 11.6 Å². The predicted molar refractivity (Wildman–Crippen MR) is 106 cm³/mol. The summed E-state index contributed by atoms with van der Waals surface area (Å²) >= 11 is 5.99. The Kier molecular flexibility index (Phi) is 5.55. The molecule has 1 aromatic carbocycles. The Morgan fingerprint density at radius 3 is 2.86 bits per heavy atom. The summed E-state index contributed by atoms with van der Waals surface area (Å²) in [6, 6.07) is 5.26. The van der Waals surface area contributed by atoms with Crippen molar-refractivity contribution in [3.05, 3.63) is 59.3 Å². The van der Waals surface area contributed by atoms with E-state index in [1.54, 1.807) is 18.5 Å². The Labute approximate surface area is 171 Å². The predicted octanol–water partition coefficient (Wildman–Crippen LogP) is 4.47. The van der Waals surface area contributed by atoms with Gasteiger partial charge in [0.15, 0.2) is 17.4 Å². The Balaban J connectivity index is 1.73. The van der Waals surface area contributed by atoms with Gasteiger partial charge in [0.2, 0.25) is 0 Å². The van der Waals surface area contributed by atoms with Crippen molar-refractivity contribution >= 4 is 23.1 Å². The minimum absolute atomic E-state index is 0.137. The molecule has 1 radical (unpaired) electrons. The number of methoxy groups -OCH3 is 1. The van der Waals surface area contributed by atoms with E-state index in [2.05, 4.69) is 25.6 Å². The van der Waals surface area contributed by atoms with Crippen molar-refractivity contribution in [2.45, 2.75) is 18.6 Å². The highest BCUT2D eigenvalue weighted by Crippen LogP contribution is 2.35. The molecule has 1 fully saturated rings. The molecule has 2 unspecified atom stereocenters. The van der Waals surface area contributed by atoms with Crippen LogP contribution in [0.3, 0.4) is 0 Å².